The van der Waals surface area contributed by atoms with Gasteiger partial charge >= 0.3 is 5.97 Å². The Hall–Kier alpha value is -3.00. The van der Waals surface area contributed by atoms with Gasteiger partial charge in [-0.1, -0.05) is 50.6 Å². The minimum atomic E-state index is -1.00. The predicted molar refractivity (Wildman–Crippen MR) is 124 cm³/mol. The molecular formula is C23H28N4O3S. The molecule has 164 valence electrons. The molecule has 2 unspecified atom stereocenters. The van der Waals surface area contributed by atoms with Crippen molar-refractivity contribution in [1.82, 2.24) is 15.3 Å². The number of rotatable bonds is 9. The fraction of sp³-hybridized carbons (Fsp3) is 0.391. The van der Waals surface area contributed by atoms with E-state index >= 15 is 0 Å². The molecular weight excluding hydrogens is 412 g/mol. The van der Waals surface area contributed by atoms with Crippen LogP contribution in [-0.2, 0) is 9.59 Å². The first-order chi connectivity index (χ1) is 14.8. The van der Waals surface area contributed by atoms with E-state index in [0.717, 1.165) is 26.5 Å². The molecule has 0 radical (unpaired) electrons. The number of hydrogen-bond donors (Lipinski definition) is 2. The summed E-state index contributed by atoms with van der Waals surface area (Å²) in [6.07, 6.45) is 0.855. The molecule has 0 bridgehead atoms. The number of aryl methyl sites for hydroxylation is 1. The zero-order chi connectivity index (χ0) is 22.5. The lowest BCUT2D eigenvalue weighted by molar-refractivity contribution is -0.143. The van der Waals surface area contributed by atoms with Gasteiger partial charge in [0.15, 0.2) is 0 Å². The lowest BCUT2D eigenvalue weighted by Gasteiger charge is -2.22. The maximum atomic E-state index is 12.4. The predicted octanol–water partition coefficient (Wildman–Crippen LogP) is 4.11. The van der Waals surface area contributed by atoms with Crippen LogP contribution >= 0.6 is 11.3 Å². The largest absolute Gasteiger partial charge is 0.480 e. The maximum absolute atomic E-state index is 12.4. The van der Waals surface area contributed by atoms with E-state index in [1.54, 1.807) is 11.3 Å². The molecule has 3 rings (SSSR count). The van der Waals surface area contributed by atoms with Crippen LogP contribution in [0.25, 0.3) is 20.7 Å². The fourth-order valence-corrected chi connectivity index (χ4v) is 4.43. The second-order valence-electron chi connectivity index (χ2n) is 7.73. The van der Waals surface area contributed by atoms with E-state index in [1.165, 1.54) is 0 Å². The van der Waals surface area contributed by atoms with E-state index in [1.807, 2.05) is 50.9 Å². The number of aromatic nitrogens is 2. The number of carbonyl (C=O) groups excluding carboxylic acids is 1. The summed E-state index contributed by atoms with van der Waals surface area (Å²) < 4.78 is 0. The quantitative estimate of drug-likeness (QED) is 0.520. The molecule has 0 saturated heterocycles. The number of amides is 1. The van der Waals surface area contributed by atoms with E-state index < -0.39 is 12.0 Å². The number of fused-ring (bicyclic) bond motifs is 1. The number of carboxylic acid groups (broad SMARTS) is 1. The standard InChI is InChI=1S/C23H28N4O3S/c1-5-14(2)20(23(29)30)26-19(28)11-12-27(4)21-17-13-18(16-9-7-6-8-10-16)31-22(17)25-15(3)24-21/h6-10,13-14,20H,5,11-12H2,1-4H3,(H,26,28)(H,29,30). The van der Waals surface area contributed by atoms with Crippen LogP contribution in [0.2, 0.25) is 0 Å². The van der Waals surface area contributed by atoms with Gasteiger partial charge in [0.25, 0.3) is 0 Å². The van der Waals surface area contributed by atoms with Gasteiger partial charge in [0.1, 0.15) is 22.5 Å². The molecule has 0 aliphatic heterocycles. The van der Waals surface area contributed by atoms with Crippen LogP contribution in [-0.4, -0.2) is 46.6 Å². The molecule has 8 heteroatoms. The summed E-state index contributed by atoms with van der Waals surface area (Å²) in [6, 6.07) is 11.3. The number of thiophene rings is 1. The number of nitrogens with zero attached hydrogens (tertiary/aromatic N) is 3. The average molecular weight is 441 g/mol. The van der Waals surface area contributed by atoms with Crippen LogP contribution in [0.4, 0.5) is 5.82 Å². The summed E-state index contributed by atoms with van der Waals surface area (Å²) in [5, 5.41) is 13.0. The minimum Gasteiger partial charge on any atom is -0.480 e. The van der Waals surface area contributed by atoms with E-state index in [0.29, 0.717) is 18.8 Å². The number of nitrogens with one attached hydrogen (secondary N) is 1. The van der Waals surface area contributed by atoms with Gasteiger partial charge in [-0.3, -0.25) is 4.79 Å². The van der Waals surface area contributed by atoms with Gasteiger partial charge in [0, 0.05) is 24.9 Å². The first-order valence-corrected chi connectivity index (χ1v) is 11.2. The third-order valence-electron chi connectivity index (χ3n) is 5.37. The topological polar surface area (TPSA) is 95.4 Å². The molecule has 7 nitrogen and oxygen atoms in total. The highest BCUT2D eigenvalue weighted by Crippen LogP contribution is 2.36. The molecule has 1 aromatic carbocycles. The maximum Gasteiger partial charge on any atom is 0.326 e. The number of hydrogen-bond acceptors (Lipinski definition) is 6. The van der Waals surface area contributed by atoms with Crippen molar-refractivity contribution in [1.29, 1.82) is 0 Å². The number of carbonyl (C=O) groups is 2. The van der Waals surface area contributed by atoms with Gasteiger partial charge in [-0.05, 0) is 24.5 Å². The molecule has 0 fully saturated rings. The van der Waals surface area contributed by atoms with Crippen molar-refractivity contribution < 1.29 is 14.7 Å². The molecule has 3 aromatic rings. The monoisotopic (exact) mass is 440 g/mol. The third kappa shape index (κ3) is 5.38. The molecule has 2 atom stereocenters. The van der Waals surface area contributed by atoms with Gasteiger partial charge in [0.2, 0.25) is 5.91 Å². The Morgan fingerprint density at radius 1 is 1.23 bits per heavy atom. The highest BCUT2D eigenvalue weighted by atomic mass is 32.1. The smallest absolute Gasteiger partial charge is 0.326 e. The number of aliphatic carboxylic acids is 1. The molecule has 0 aliphatic carbocycles. The molecule has 2 aromatic heterocycles. The fourth-order valence-electron chi connectivity index (χ4n) is 3.35. The first kappa shape index (κ1) is 22.7. The van der Waals surface area contributed by atoms with Crippen LogP contribution in [0, 0.1) is 12.8 Å². The summed E-state index contributed by atoms with van der Waals surface area (Å²) in [5.41, 5.74) is 1.13. The van der Waals surface area contributed by atoms with Crippen molar-refractivity contribution in [2.24, 2.45) is 5.92 Å². The van der Waals surface area contributed by atoms with E-state index in [2.05, 4.69) is 33.5 Å². The molecule has 2 heterocycles. The van der Waals surface area contributed by atoms with Crippen molar-refractivity contribution in [3.63, 3.8) is 0 Å². The Bertz CT molecular complexity index is 1070. The van der Waals surface area contributed by atoms with Crippen molar-refractivity contribution in [3.05, 3.63) is 42.2 Å². The molecule has 31 heavy (non-hydrogen) atoms. The van der Waals surface area contributed by atoms with Crippen molar-refractivity contribution in [2.45, 2.75) is 39.7 Å². The van der Waals surface area contributed by atoms with Gasteiger partial charge < -0.3 is 15.3 Å². The second kappa shape index (κ2) is 9.87. The lowest BCUT2D eigenvalue weighted by Crippen LogP contribution is -2.45. The lowest BCUT2D eigenvalue weighted by atomic mass is 9.99. The average Bonchev–Trinajstić information content (AvgIpc) is 3.19. The van der Waals surface area contributed by atoms with E-state index in [-0.39, 0.29) is 18.2 Å². The van der Waals surface area contributed by atoms with Gasteiger partial charge in [0.05, 0.1) is 5.39 Å². The summed E-state index contributed by atoms with van der Waals surface area (Å²) in [4.78, 5) is 37.0. The van der Waals surface area contributed by atoms with Crippen molar-refractivity contribution >= 4 is 39.2 Å². The molecule has 1 amide bonds. The first-order valence-electron chi connectivity index (χ1n) is 10.4. The van der Waals surface area contributed by atoms with E-state index in [4.69, 9.17) is 0 Å². The summed E-state index contributed by atoms with van der Waals surface area (Å²) in [6.45, 7) is 6.01. The Morgan fingerprint density at radius 3 is 2.58 bits per heavy atom. The summed E-state index contributed by atoms with van der Waals surface area (Å²) in [5.74, 6) is 0.0201. The zero-order valence-corrected chi connectivity index (χ0v) is 19.1. The SMILES string of the molecule is CCC(C)C(NC(=O)CCN(C)c1nc(C)nc2sc(-c3ccccc3)cc12)C(=O)O. The highest BCUT2D eigenvalue weighted by molar-refractivity contribution is 7.21. The highest BCUT2D eigenvalue weighted by Gasteiger charge is 2.25. The normalized spacial score (nSPS) is 13.0. The van der Waals surface area contributed by atoms with Crippen molar-refractivity contribution in [2.75, 3.05) is 18.5 Å². The number of benzene rings is 1. The molecule has 0 aliphatic rings. The number of carboxylic acids is 1. The summed E-state index contributed by atoms with van der Waals surface area (Å²) in [7, 11) is 1.89. The third-order valence-corrected chi connectivity index (χ3v) is 6.45. The number of anilines is 1. The molecule has 0 spiro atoms. The Balaban J connectivity index is 1.76. The summed E-state index contributed by atoms with van der Waals surface area (Å²) >= 11 is 1.62. The Morgan fingerprint density at radius 2 is 1.94 bits per heavy atom. The Kier molecular flexibility index (Phi) is 7.22. The van der Waals surface area contributed by atoms with Crippen LogP contribution in [0.15, 0.2) is 36.4 Å². The van der Waals surface area contributed by atoms with Gasteiger partial charge in [-0.25, -0.2) is 14.8 Å². The van der Waals surface area contributed by atoms with Crippen LogP contribution in [0.5, 0.6) is 0 Å². The van der Waals surface area contributed by atoms with Crippen molar-refractivity contribution in [3.8, 4) is 10.4 Å². The van der Waals surface area contributed by atoms with Crippen LogP contribution < -0.4 is 10.2 Å². The van der Waals surface area contributed by atoms with Crippen LogP contribution in [0.1, 0.15) is 32.5 Å². The van der Waals surface area contributed by atoms with E-state index in [9.17, 15) is 14.7 Å². The van der Waals surface area contributed by atoms with Crippen LogP contribution in [0.3, 0.4) is 0 Å². The minimum absolute atomic E-state index is 0.134. The molecule has 0 saturated carbocycles. The second-order valence-corrected chi connectivity index (χ2v) is 8.76. The van der Waals surface area contributed by atoms with Gasteiger partial charge in [-0.15, -0.1) is 11.3 Å². The van der Waals surface area contributed by atoms with Gasteiger partial charge in [-0.2, -0.15) is 0 Å². The zero-order valence-electron chi connectivity index (χ0n) is 18.3. The Labute approximate surface area is 186 Å². The molecule has 2 N–H and O–H groups in total.